The Balaban J connectivity index is 1.76. The second-order valence-corrected chi connectivity index (χ2v) is 9.07. The first-order valence-electron chi connectivity index (χ1n) is 10.5. The van der Waals surface area contributed by atoms with Crippen LogP contribution in [0.2, 0.25) is 0 Å². The molecule has 0 spiro atoms. The van der Waals surface area contributed by atoms with Gasteiger partial charge in [0.15, 0.2) is 0 Å². The minimum absolute atomic E-state index is 0.105. The van der Waals surface area contributed by atoms with E-state index in [0.717, 1.165) is 56.9 Å². The number of carbonyl (C=O) groups excluding carboxylic acids is 2. The van der Waals surface area contributed by atoms with Crippen molar-refractivity contribution in [3.8, 4) is 0 Å². The van der Waals surface area contributed by atoms with E-state index in [2.05, 4.69) is 17.6 Å². The van der Waals surface area contributed by atoms with E-state index in [0.29, 0.717) is 16.5 Å². The van der Waals surface area contributed by atoms with Crippen LogP contribution in [-0.4, -0.2) is 42.1 Å². The molecule has 1 saturated carbocycles. The number of carboxylic acids is 1. The number of thiophene rings is 1. The highest BCUT2D eigenvalue weighted by molar-refractivity contribution is 7.17. The number of carbonyl (C=O) groups is 3. The van der Waals surface area contributed by atoms with Crippen LogP contribution in [0.15, 0.2) is 0 Å². The molecular formula is C21H30N2O5S. The molecule has 0 radical (unpaired) electrons. The molecule has 7 nitrogen and oxygen atoms in total. The van der Waals surface area contributed by atoms with Crippen molar-refractivity contribution in [2.75, 3.05) is 18.5 Å². The van der Waals surface area contributed by atoms with Gasteiger partial charge >= 0.3 is 5.97 Å². The van der Waals surface area contributed by atoms with Crippen LogP contribution in [0.5, 0.6) is 0 Å². The highest BCUT2D eigenvalue weighted by Gasteiger charge is 2.30. The maximum atomic E-state index is 13.1. The summed E-state index contributed by atoms with van der Waals surface area (Å²) in [5.74, 6) is -1.06. The van der Waals surface area contributed by atoms with Gasteiger partial charge in [-0.3, -0.25) is 9.59 Å². The Hall–Kier alpha value is -1.93. The molecular weight excluding hydrogens is 392 g/mol. The van der Waals surface area contributed by atoms with Crippen LogP contribution >= 0.6 is 11.3 Å². The highest BCUT2D eigenvalue weighted by Crippen LogP contribution is 2.40. The molecule has 0 bridgehead atoms. The van der Waals surface area contributed by atoms with Gasteiger partial charge in [-0.25, -0.2) is 4.79 Å². The maximum absolute atomic E-state index is 13.1. The molecule has 2 aliphatic rings. The summed E-state index contributed by atoms with van der Waals surface area (Å²) in [7, 11) is 0. The Labute approximate surface area is 175 Å². The summed E-state index contributed by atoms with van der Waals surface area (Å²) in [6.07, 6.45) is 9.43. The quantitative estimate of drug-likeness (QED) is 0.596. The molecule has 0 aliphatic heterocycles. The van der Waals surface area contributed by atoms with Gasteiger partial charge in [-0.15, -0.1) is 11.3 Å². The zero-order valence-corrected chi connectivity index (χ0v) is 17.7. The fourth-order valence-electron chi connectivity index (χ4n) is 4.23. The third kappa shape index (κ3) is 5.79. The molecule has 2 aliphatic carbocycles. The zero-order valence-electron chi connectivity index (χ0n) is 16.9. The van der Waals surface area contributed by atoms with Crippen molar-refractivity contribution in [2.45, 2.75) is 70.8 Å². The van der Waals surface area contributed by atoms with Crippen molar-refractivity contribution in [3.63, 3.8) is 0 Å². The van der Waals surface area contributed by atoms with Gasteiger partial charge in [0.25, 0.3) is 11.8 Å². The second kappa shape index (κ2) is 10.2. The number of hydrogen-bond donors (Lipinski definition) is 3. The van der Waals surface area contributed by atoms with Crippen molar-refractivity contribution in [2.24, 2.45) is 5.92 Å². The predicted octanol–water partition coefficient (Wildman–Crippen LogP) is 3.37. The first kappa shape index (κ1) is 21.8. The van der Waals surface area contributed by atoms with Gasteiger partial charge in [-0.05, 0) is 43.6 Å². The molecule has 29 heavy (non-hydrogen) atoms. The largest absolute Gasteiger partial charge is 0.480 e. The molecule has 1 aromatic heterocycles. The van der Waals surface area contributed by atoms with Crippen LogP contribution in [-0.2, 0) is 27.2 Å². The number of carboxylic acid groups (broad SMARTS) is 1. The monoisotopic (exact) mass is 422 g/mol. The second-order valence-electron chi connectivity index (χ2n) is 7.97. The van der Waals surface area contributed by atoms with E-state index < -0.39 is 18.5 Å². The molecule has 3 N–H and O–H groups in total. The van der Waals surface area contributed by atoms with Crippen LogP contribution in [0.4, 0.5) is 5.00 Å². The summed E-state index contributed by atoms with van der Waals surface area (Å²) in [6.45, 7) is 1.31. The number of anilines is 1. The van der Waals surface area contributed by atoms with Gasteiger partial charge in [0.2, 0.25) is 0 Å². The number of aliphatic carboxylic acids is 1. The summed E-state index contributed by atoms with van der Waals surface area (Å²) >= 11 is 1.47. The van der Waals surface area contributed by atoms with Crippen molar-refractivity contribution < 1.29 is 24.2 Å². The molecule has 0 saturated heterocycles. The number of ether oxygens (including phenoxy) is 1. The molecule has 8 heteroatoms. The Bertz CT molecular complexity index is 754. The van der Waals surface area contributed by atoms with E-state index in [9.17, 15) is 14.4 Å². The van der Waals surface area contributed by atoms with Crippen LogP contribution in [0.1, 0.15) is 72.7 Å². The lowest BCUT2D eigenvalue weighted by Crippen LogP contribution is -2.37. The fraction of sp³-hybridized carbons (Fsp3) is 0.667. The van der Waals surface area contributed by atoms with E-state index in [1.165, 1.54) is 22.6 Å². The lowest BCUT2D eigenvalue weighted by Gasteiger charge is -2.24. The topological polar surface area (TPSA) is 105 Å². The van der Waals surface area contributed by atoms with Crippen molar-refractivity contribution >= 4 is 34.1 Å². The molecule has 1 atom stereocenters. The van der Waals surface area contributed by atoms with Crippen molar-refractivity contribution in [1.29, 1.82) is 0 Å². The van der Waals surface area contributed by atoms with E-state index in [1.807, 2.05) is 0 Å². The van der Waals surface area contributed by atoms with Gasteiger partial charge in [0.05, 0.1) is 5.56 Å². The number of rotatable bonds is 8. The molecule has 1 unspecified atom stereocenters. The highest BCUT2D eigenvalue weighted by atomic mass is 32.1. The van der Waals surface area contributed by atoms with Crippen molar-refractivity contribution in [1.82, 2.24) is 5.32 Å². The summed E-state index contributed by atoms with van der Waals surface area (Å²) < 4.78 is 4.88. The molecule has 1 aromatic rings. The van der Waals surface area contributed by atoms with Crippen LogP contribution in [0, 0.1) is 5.92 Å². The average molecular weight is 423 g/mol. The maximum Gasteiger partial charge on any atom is 0.329 e. The summed E-state index contributed by atoms with van der Waals surface area (Å²) in [5, 5.41) is 15.2. The minimum atomic E-state index is -1.12. The minimum Gasteiger partial charge on any atom is -0.480 e. The van der Waals surface area contributed by atoms with E-state index >= 15 is 0 Å². The Morgan fingerprint density at radius 2 is 1.90 bits per heavy atom. The molecule has 3 rings (SSSR count). The third-order valence-corrected chi connectivity index (χ3v) is 6.99. The summed E-state index contributed by atoms with van der Waals surface area (Å²) in [5.41, 5.74) is 1.66. The van der Waals surface area contributed by atoms with Gasteiger partial charge in [-0.1, -0.05) is 32.6 Å². The Morgan fingerprint density at radius 1 is 1.14 bits per heavy atom. The van der Waals surface area contributed by atoms with E-state index in [4.69, 9.17) is 9.84 Å². The average Bonchev–Trinajstić information content (AvgIpc) is 3.05. The predicted molar refractivity (Wildman–Crippen MR) is 112 cm³/mol. The smallest absolute Gasteiger partial charge is 0.329 e. The number of fused-ring (bicyclic) bond motifs is 1. The van der Waals surface area contributed by atoms with Gasteiger partial charge < -0.3 is 20.5 Å². The normalized spacial score (nSPS) is 19.4. The molecule has 1 fully saturated rings. The lowest BCUT2D eigenvalue weighted by molar-refractivity contribution is -0.143. The molecule has 0 aromatic carbocycles. The Kier molecular flexibility index (Phi) is 7.66. The van der Waals surface area contributed by atoms with Crippen molar-refractivity contribution in [3.05, 3.63) is 16.0 Å². The van der Waals surface area contributed by atoms with Crippen LogP contribution in [0.3, 0.4) is 0 Å². The Morgan fingerprint density at radius 3 is 2.59 bits per heavy atom. The first-order chi connectivity index (χ1) is 14.0. The zero-order chi connectivity index (χ0) is 20.8. The molecule has 2 amide bonds. The van der Waals surface area contributed by atoms with Gasteiger partial charge in [0, 0.05) is 10.9 Å². The molecule has 160 valence electrons. The number of nitrogens with one attached hydrogen (secondary N) is 2. The van der Waals surface area contributed by atoms with Gasteiger partial charge in [0.1, 0.15) is 18.2 Å². The van der Waals surface area contributed by atoms with Gasteiger partial charge in [-0.2, -0.15) is 0 Å². The number of amides is 2. The number of hydrogen-bond acceptors (Lipinski definition) is 5. The SMILES string of the molecule is CCC1CCc2c(sc(NC(=O)COCC(=O)O)c2C(=O)NC2CCCCC2)C1. The fourth-order valence-corrected chi connectivity index (χ4v) is 5.60. The standard InChI is InChI=1S/C21H30N2O5S/c1-2-13-8-9-15-16(10-13)29-21(23-17(24)11-28-12-18(25)26)19(15)20(27)22-14-6-4-3-5-7-14/h13-14H,2-12H2,1H3,(H,22,27)(H,23,24)(H,25,26). The van der Waals surface area contributed by atoms with Crippen LogP contribution < -0.4 is 10.6 Å². The van der Waals surface area contributed by atoms with E-state index in [1.54, 1.807) is 0 Å². The summed E-state index contributed by atoms with van der Waals surface area (Å²) in [4.78, 5) is 37.1. The molecule has 1 heterocycles. The van der Waals surface area contributed by atoms with Crippen LogP contribution in [0.25, 0.3) is 0 Å². The first-order valence-corrected chi connectivity index (χ1v) is 11.3. The van der Waals surface area contributed by atoms with E-state index in [-0.39, 0.29) is 18.6 Å². The third-order valence-electron chi connectivity index (χ3n) is 5.82. The summed E-state index contributed by atoms with van der Waals surface area (Å²) in [6, 6.07) is 0.196. The lowest BCUT2D eigenvalue weighted by atomic mass is 9.85.